The Kier molecular flexibility index (Phi) is 6.62. The highest BCUT2D eigenvalue weighted by atomic mass is 35.5. The van der Waals surface area contributed by atoms with Crippen LogP contribution < -0.4 is 10.0 Å². The number of hydrogen-bond acceptors (Lipinski definition) is 4. The molecule has 0 fully saturated rings. The molecular formula is C25H24ClN3O3S. The van der Waals surface area contributed by atoms with Crippen LogP contribution in [0.4, 0.5) is 5.69 Å². The van der Waals surface area contributed by atoms with Gasteiger partial charge in [-0.15, -0.1) is 0 Å². The number of hydrogen-bond donors (Lipinski definition) is 2. The fourth-order valence-corrected chi connectivity index (χ4v) is 5.20. The molecule has 0 radical (unpaired) electrons. The molecule has 0 aliphatic heterocycles. The van der Waals surface area contributed by atoms with E-state index in [1.54, 1.807) is 30.3 Å². The third kappa shape index (κ3) is 4.84. The van der Waals surface area contributed by atoms with Crippen LogP contribution in [0, 0.1) is 0 Å². The minimum Gasteiger partial charge on any atom is -0.345 e. The lowest BCUT2D eigenvalue weighted by Crippen LogP contribution is -2.29. The number of amides is 1. The normalized spacial score (nSPS) is 12.3. The number of carbonyl (C=O) groups excluding carboxylic acids is 1. The SMILES string of the molecule is CC[C@H](NC(=O)c1cccc(Cl)c1NS(=O)(=O)c1cccc2cccnc12)c1ccccc1.[HH]. The molecule has 0 saturated heterocycles. The molecule has 0 unspecified atom stereocenters. The lowest BCUT2D eigenvalue weighted by Gasteiger charge is -2.20. The quantitative estimate of drug-likeness (QED) is 0.348. The minimum atomic E-state index is -4.08. The van der Waals surface area contributed by atoms with Gasteiger partial charge in [0.25, 0.3) is 15.9 Å². The Balaban J connectivity index is 0.00000324. The molecule has 4 aromatic rings. The Morgan fingerprint density at radius 1 is 1.00 bits per heavy atom. The number of nitrogens with zero attached hydrogens (tertiary/aromatic N) is 1. The first-order valence-corrected chi connectivity index (χ1v) is 12.3. The maximum absolute atomic E-state index is 13.3. The predicted molar refractivity (Wildman–Crippen MR) is 133 cm³/mol. The van der Waals surface area contributed by atoms with Gasteiger partial charge in [0.05, 0.1) is 27.8 Å². The highest BCUT2D eigenvalue weighted by molar-refractivity contribution is 7.93. The maximum atomic E-state index is 13.3. The Hall–Kier alpha value is -3.42. The third-order valence-corrected chi connectivity index (χ3v) is 6.99. The topological polar surface area (TPSA) is 88.2 Å². The largest absolute Gasteiger partial charge is 0.345 e. The first kappa shape index (κ1) is 22.8. The Morgan fingerprint density at radius 3 is 2.48 bits per heavy atom. The predicted octanol–water partition coefficient (Wildman–Crippen LogP) is 5.82. The van der Waals surface area contributed by atoms with E-state index >= 15 is 0 Å². The van der Waals surface area contributed by atoms with Crippen molar-refractivity contribution in [3.8, 4) is 0 Å². The van der Waals surface area contributed by atoms with Crippen molar-refractivity contribution in [1.82, 2.24) is 10.3 Å². The number of halogens is 1. The van der Waals surface area contributed by atoms with Crippen molar-refractivity contribution >= 4 is 44.1 Å². The second kappa shape index (κ2) is 9.60. The van der Waals surface area contributed by atoms with Gasteiger partial charge in [-0.2, -0.15) is 0 Å². The molecule has 1 amide bonds. The van der Waals surface area contributed by atoms with Gasteiger partial charge in [-0.05, 0) is 36.2 Å². The number of pyridine rings is 1. The maximum Gasteiger partial charge on any atom is 0.264 e. The molecule has 1 atom stereocenters. The molecule has 0 saturated carbocycles. The van der Waals surface area contributed by atoms with Gasteiger partial charge in [0.2, 0.25) is 0 Å². The molecule has 0 aliphatic carbocycles. The van der Waals surface area contributed by atoms with Crippen LogP contribution in [0.3, 0.4) is 0 Å². The summed E-state index contributed by atoms with van der Waals surface area (Å²) >= 11 is 6.35. The molecule has 0 aliphatic rings. The number of carbonyl (C=O) groups is 1. The summed E-state index contributed by atoms with van der Waals surface area (Å²) in [5.74, 6) is -0.429. The van der Waals surface area contributed by atoms with Crippen molar-refractivity contribution in [3.05, 3.63) is 101 Å². The monoisotopic (exact) mass is 481 g/mol. The zero-order chi connectivity index (χ0) is 23.4. The highest BCUT2D eigenvalue weighted by Gasteiger charge is 2.24. The summed E-state index contributed by atoms with van der Waals surface area (Å²) in [5.41, 5.74) is 1.45. The molecule has 2 N–H and O–H groups in total. The lowest BCUT2D eigenvalue weighted by atomic mass is 10.0. The molecule has 3 aromatic carbocycles. The molecule has 4 rings (SSSR count). The number of anilines is 1. The zero-order valence-electron chi connectivity index (χ0n) is 17.8. The molecule has 1 aromatic heterocycles. The number of benzene rings is 3. The van der Waals surface area contributed by atoms with Gasteiger partial charge in [0, 0.05) is 13.0 Å². The van der Waals surface area contributed by atoms with Crippen molar-refractivity contribution in [2.24, 2.45) is 0 Å². The van der Waals surface area contributed by atoms with Crippen molar-refractivity contribution in [1.29, 1.82) is 0 Å². The van der Waals surface area contributed by atoms with Gasteiger partial charge in [-0.25, -0.2) is 8.42 Å². The van der Waals surface area contributed by atoms with Crippen LogP contribution in [0.1, 0.15) is 36.7 Å². The van der Waals surface area contributed by atoms with Crippen LogP contribution in [0.25, 0.3) is 10.9 Å². The molecule has 0 spiro atoms. The number of fused-ring (bicyclic) bond motifs is 1. The van der Waals surface area contributed by atoms with E-state index in [4.69, 9.17) is 11.6 Å². The number of aromatic nitrogens is 1. The Morgan fingerprint density at radius 2 is 1.73 bits per heavy atom. The summed E-state index contributed by atoms with van der Waals surface area (Å²) in [7, 11) is -4.08. The fourth-order valence-electron chi connectivity index (χ4n) is 3.64. The zero-order valence-corrected chi connectivity index (χ0v) is 19.4. The molecule has 8 heteroatoms. The summed E-state index contributed by atoms with van der Waals surface area (Å²) in [5, 5.41) is 3.78. The van der Waals surface area contributed by atoms with E-state index in [2.05, 4.69) is 15.0 Å². The van der Waals surface area contributed by atoms with Gasteiger partial charge in [0.1, 0.15) is 4.90 Å². The van der Waals surface area contributed by atoms with Gasteiger partial charge in [-0.1, -0.05) is 73.1 Å². The van der Waals surface area contributed by atoms with E-state index in [1.165, 1.54) is 24.4 Å². The van der Waals surface area contributed by atoms with Gasteiger partial charge >= 0.3 is 0 Å². The highest BCUT2D eigenvalue weighted by Crippen LogP contribution is 2.31. The molecule has 0 bridgehead atoms. The van der Waals surface area contributed by atoms with E-state index in [1.807, 2.05) is 37.3 Å². The number of rotatable bonds is 7. The number of nitrogens with one attached hydrogen (secondary N) is 2. The standard InChI is InChI=1S/C25H22ClN3O3S.H2/c1-2-21(17-9-4-3-5-10-17)28-25(30)19-13-7-14-20(26)24(19)29-33(31,32)22-15-6-11-18-12-8-16-27-23(18)22;/h3-16,21,29H,2H2,1H3,(H,28,30);1H/t21-;/m0./s1. The summed E-state index contributed by atoms with van der Waals surface area (Å²) in [6, 6.07) is 22.4. The lowest BCUT2D eigenvalue weighted by molar-refractivity contribution is 0.0936. The Bertz CT molecular complexity index is 1410. The van der Waals surface area contributed by atoms with Gasteiger partial charge in [0.15, 0.2) is 0 Å². The van der Waals surface area contributed by atoms with Crippen LogP contribution in [-0.2, 0) is 10.0 Å². The van der Waals surface area contributed by atoms with Crippen molar-refractivity contribution < 1.29 is 14.6 Å². The van der Waals surface area contributed by atoms with E-state index < -0.39 is 15.9 Å². The van der Waals surface area contributed by atoms with Crippen LogP contribution in [0.15, 0.2) is 90.0 Å². The summed E-state index contributed by atoms with van der Waals surface area (Å²) in [4.78, 5) is 17.4. The molecule has 6 nitrogen and oxygen atoms in total. The first-order valence-electron chi connectivity index (χ1n) is 10.4. The fraction of sp³-hybridized carbons (Fsp3) is 0.120. The van der Waals surface area contributed by atoms with E-state index in [0.717, 1.165) is 5.56 Å². The van der Waals surface area contributed by atoms with Crippen molar-refractivity contribution in [3.63, 3.8) is 0 Å². The van der Waals surface area contributed by atoms with Gasteiger partial charge < -0.3 is 5.32 Å². The van der Waals surface area contributed by atoms with Crippen LogP contribution in [-0.4, -0.2) is 19.3 Å². The Labute approximate surface area is 199 Å². The minimum absolute atomic E-state index is 0. The first-order chi connectivity index (χ1) is 15.9. The van der Waals surface area contributed by atoms with Gasteiger partial charge in [-0.3, -0.25) is 14.5 Å². The number of sulfonamides is 1. The van der Waals surface area contributed by atoms with Crippen molar-refractivity contribution in [2.45, 2.75) is 24.3 Å². The molecule has 1 heterocycles. The molecule has 170 valence electrons. The van der Waals surface area contributed by atoms with E-state index in [0.29, 0.717) is 17.3 Å². The third-order valence-electron chi connectivity index (χ3n) is 5.30. The summed E-state index contributed by atoms with van der Waals surface area (Å²) in [6.45, 7) is 1.97. The smallest absolute Gasteiger partial charge is 0.264 e. The van der Waals surface area contributed by atoms with Crippen LogP contribution >= 0.6 is 11.6 Å². The van der Waals surface area contributed by atoms with Crippen LogP contribution in [0.2, 0.25) is 5.02 Å². The van der Waals surface area contributed by atoms with E-state index in [9.17, 15) is 13.2 Å². The second-order valence-electron chi connectivity index (χ2n) is 7.44. The van der Waals surface area contributed by atoms with Crippen LogP contribution in [0.5, 0.6) is 0 Å². The average molecular weight is 482 g/mol. The number of para-hydroxylation sites is 2. The summed E-state index contributed by atoms with van der Waals surface area (Å²) in [6.07, 6.45) is 2.20. The molecular weight excluding hydrogens is 458 g/mol. The molecule has 33 heavy (non-hydrogen) atoms. The summed E-state index contributed by atoms with van der Waals surface area (Å²) < 4.78 is 29.1. The average Bonchev–Trinajstić information content (AvgIpc) is 2.83. The van der Waals surface area contributed by atoms with E-state index in [-0.39, 0.29) is 28.6 Å². The van der Waals surface area contributed by atoms with Crippen molar-refractivity contribution in [2.75, 3.05) is 4.72 Å². The second-order valence-corrected chi connectivity index (χ2v) is 9.50.